The number of benzene rings is 1. The molecule has 0 aliphatic heterocycles. The van der Waals surface area contributed by atoms with Crippen LogP contribution in [-0.4, -0.2) is 10.2 Å². The summed E-state index contributed by atoms with van der Waals surface area (Å²) >= 11 is 7.36. The summed E-state index contributed by atoms with van der Waals surface area (Å²) in [6.07, 6.45) is 0. The number of anilines is 2. The van der Waals surface area contributed by atoms with Gasteiger partial charge in [-0.25, -0.2) is 0 Å². The summed E-state index contributed by atoms with van der Waals surface area (Å²) in [5, 5.41) is 13.3. The van der Waals surface area contributed by atoms with Crippen molar-refractivity contribution < 1.29 is 0 Å². The fourth-order valence-corrected chi connectivity index (χ4v) is 2.03. The molecule has 0 atom stereocenters. The molecular formula is C10H11ClN4S. The normalized spacial score (nSPS) is 10.4. The van der Waals surface area contributed by atoms with E-state index in [4.69, 9.17) is 17.3 Å². The van der Waals surface area contributed by atoms with Gasteiger partial charge in [-0.1, -0.05) is 29.0 Å². The Balaban J connectivity index is 2.22. The van der Waals surface area contributed by atoms with Gasteiger partial charge in [0.25, 0.3) is 0 Å². The largest absolute Gasteiger partial charge is 0.330 e. The number of hydrogen-bond donors (Lipinski definition) is 2. The van der Waals surface area contributed by atoms with Gasteiger partial charge in [0, 0.05) is 17.3 Å². The number of nitrogens with one attached hydrogen (secondary N) is 1. The van der Waals surface area contributed by atoms with Gasteiger partial charge in [-0.05, 0) is 24.6 Å². The first-order valence-electron chi connectivity index (χ1n) is 4.74. The van der Waals surface area contributed by atoms with Crippen LogP contribution >= 0.6 is 22.9 Å². The molecule has 1 aromatic heterocycles. The Morgan fingerprint density at radius 3 is 2.94 bits per heavy atom. The van der Waals surface area contributed by atoms with E-state index < -0.39 is 0 Å². The van der Waals surface area contributed by atoms with E-state index in [-0.39, 0.29) is 0 Å². The van der Waals surface area contributed by atoms with Crippen molar-refractivity contribution in [2.24, 2.45) is 5.73 Å². The van der Waals surface area contributed by atoms with E-state index in [1.165, 1.54) is 11.3 Å². The third kappa shape index (κ3) is 2.49. The number of nitrogens with two attached hydrogens (primary N) is 1. The molecule has 0 unspecified atom stereocenters. The quantitative estimate of drug-likeness (QED) is 0.884. The first kappa shape index (κ1) is 11.3. The maximum Gasteiger partial charge on any atom is 0.210 e. The summed E-state index contributed by atoms with van der Waals surface area (Å²) in [6.45, 7) is 2.41. The molecule has 84 valence electrons. The van der Waals surface area contributed by atoms with Crippen LogP contribution < -0.4 is 11.1 Å². The van der Waals surface area contributed by atoms with Crippen LogP contribution in [0, 0.1) is 6.92 Å². The summed E-state index contributed by atoms with van der Waals surface area (Å²) in [4.78, 5) is 0. The van der Waals surface area contributed by atoms with E-state index >= 15 is 0 Å². The zero-order valence-electron chi connectivity index (χ0n) is 8.70. The Labute approximate surface area is 102 Å². The number of aryl methyl sites for hydroxylation is 1. The zero-order chi connectivity index (χ0) is 11.5. The highest BCUT2D eigenvalue weighted by atomic mass is 35.5. The van der Waals surface area contributed by atoms with E-state index in [0.717, 1.165) is 21.4 Å². The van der Waals surface area contributed by atoms with Crippen molar-refractivity contribution in [2.75, 3.05) is 5.32 Å². The zero-order valence-corrected chi connectivity index (χ0v) is 10.3. The standard InChI is InChI=1S/C10H11ClN4S/c1-6-2-3-7(11)4-8(6)13-10-15-14-9(5-12)16-10/h2-4H,5,12H2,1H3,(H,13,15). The molecule has 1 heterocycles. The van der Waals surface area contributed by atoms with Gasteiger partial charge in [0.2, 0.25) is 5.13 Å². The van der Waals surface area contributed by atoms with Crippen molar-refractivity contribution in [3.8, 4) is 0 Å². The van der Waals surface area contributed by atoms with E-state index in [0.29, 0.717) is 11.6 Å². The molecule has 2 rings (SSSR count). The average molecular weight is 255 g/mol. The van der Waals surface area contributed by atoms with Gasteiger partial charge < -0.3 is 11.1 Å². The van der Waals surface area contributed by atoms with Crippen LogP contribution in [0.3, 0.4) is 0 Å². The van der Waals surface area contributed by atoms with Gasteiger partial charge in [-0.3, -0.25) is 0 Å². The SMILES string of the molecule is Cc1ccc(Cl)cc1Nc1nnc(CN)s1. The van der Waals surface area contributed by atoms with E-state index in [9.17, 15) is 0 Å². The topological polar surface area (TPSA) is 63.8 Å². The Bertz CT molecular complexity index is 497. The minimum Gasteiger partial charge on any atom is -0.330 e. The molecule has 4 nitrogen and oxygen atoms in total. The van der Waals surface area contributed by atoms with Crippen molar-refractivity contribution in [3.05, 3.63) is 33.8 Å². The van der Waals surface area contributed by atoms with Crippen molar-refractivity contribution in [1.29, 1.82) is 0 Å². The highest BCUT2D eigenvalue weighted by Gasteiger charge is 2.05. The smallest absolute Gasteiger partial charge is 0.210 e. The summed E-state index contributed by atoms with van der Waals surface area (Å²) in [5.41, 5.74) is 7.51. The molecule has 0 amide bonds. The number of nitrogens with zero attached hydrogens (tertiary/aromatic N) is 2. The third-order valence-corrected chi connectivity index (χ3v) is 3.18. The molecule has 3 N–H and O–H groups in total. The Kier molecular flexibility index (Phi) is 3.38. The lowest BCUT2D eigenvalue weighted by Gasteiger charge is -2.06. The van der Waals surface area contributed by atoms with Crippen molar-refractivity contribution >= 4 is 33.8 Å². The Hall–Kier alpha value is -1.17. The fraction of sp³-hybridized carbons (Fsp3) is 0.200. The van der Waals surface area contributed by atoms with Crippen molar-refractivity contribution in [2.45, 2.75) is 13.5 Å². The molecular weight excluding hydrogens is 244 g/mol. The second kappa shape index (κ2) is 4.78. The van der Waals surface area contributed by atoms with Gasteiger partial charge in [0.15, 0.2) is 0 Å². The molecule has 0 aliphatic rings. The monoisotopic (exact) mass is 254 g/mol. The lowest BCUT2D eigenvalue weighted by Crippen LogP contribution is -1.94. The first-order valence-corrected chi connectivity index (χ1v) is 5.94. The van der Waals surface area contributed by atoms with Crippen LogP contribution in [0.5, 0.6) is 0 Å². The molecule has 0 saturated carbocycles. The maximum atomic E-state index is 5.92. The van der Waals surface area contributed by atoms with Crippen LogP contribution in [0.2, 0.25) is 5.02 Å². The number of rotatable bonds is 3. The van der Waals surface area contributed by atoms with Crippen molar-refractivity contribution in [1.82, 2.24) is 10.2 Å². The highest BCUT2D eigenvalue weighted by molar-refractivity contribution is 7.15. The molecule has 0 fully saturated rings. The van der Waals surface area contributed by atoms with Crippen LogP contribution in [0.1, 0.15) is 10.6 Å². The van der Waals surface area contributed by atoms with E-state index in [1.54, 1.807) is 0 Å². The Morgan fingerprint density at radius 1 is 1.44 bits per heavy atom. The number of halogens is 1. The summed E-state index contributed by atoms with van der Waals surface area (Å²) in [6, 6.07) is 5.67. The molecule has 0 saturated heterocycles. The highest BCUT2D eigenvalue weighted by Crippen LogP contribution is 2.25. The van der Waals surface area contributed by atoms with E-state index in [1.807, 2.05) is 25.1 Å². The minimum absolute atomic E-state index is 0.411. The van der Waals surface area contributed by atoms with Crippen LogP contribution in [0.4, 0.5) is 10.8 Å². The molecule has 6 heteroatoms. The number of aromatic nitrogens is 2. The second-order valence-electron chi connectivity index (χ2n) is 3.29. The van der Waals surface area contributed by atoms with Gasteiger partial charge in [-0.15, -0.1) is 10.2 Å². The molecule has 0 aliphatic carbocycles. The van der Waals surface area contributed by atoms with Gasteiger partial charge >= 0.3 is 0 Å². The Morgan fingerprint density at radius 2 is 2.25 bits per heavy atom. The van der Waals surface area contributed by atoms with Crippen LogP contribution in [-0.2, 0) is 6.54 Å². The predicted molar refractivity (Wildman–Crippen MR) is 67.3 cm³/mol. The maximum absolute atomic E-state index is 5.92. The summed E-state index contributed by atoms with van der Waals surface area (Å²) < 4.78 is 0. The van der Waals surface area contributed by atoms with Gasteiger partial charge in [0.1, 0.15) is 5.01 Å². The molecule has 0 spiro atoms. The molecule has 0 radical (unpaired) electrons. The second-order valence-corrected chi connectivity index (χ2v) is 4.79. The number of hydrogen-bond acceptors (Lipinski definition) is 5. The van der Waals surface area contributed by atoms with Gasteiger partial charge in [0.05, 0.1) is 0 Å². The molecule has 0 bridgehead atoms. The summed E-state index contributed by atoms with van der Waals surface area (Å²) in [5.74, 6) is 0. The lowest BCUT2D eigenvalue weighted by molar-refractivity contribution is 0.960. The molecule has 2 aromatic rings. The average Bonchev–Trinajstić information content (AvgIpc) is 2.71. The fourth-order valence-electron chi connectivity index (χ4n) is 1.23. The van der Waals surface area contributed by atoms with Crippen LogP contribution in [0.15, 0.2) is 18.2 Å². The first-order chi connectivity index (χ1) is 7.69. The predicted octanol–water partition coefficient (Wildman–Crippen LogP) is 2.70. The van der Waals surface area contributed by atoms with Gasteiger partial charge in [-0.2, -0.15) is 0 Å². The molecule has 1 aromatic carbocycles. The minimum atomic E-state index is 0.411. The van der Waals surface area contributed by atoms with Crippen molar-refractivity contribution in [3.63, 3.8) is 0 Å². The third-order valence-electron chi connectivity index (χ3n) is 2.08. The van der Waals surface area contributed by atoms with Crippen LogP contribution in [0.25, 0.3) is 0 Å². The molecule has 16 heavy (non-hydrogen) atoms. The van der Waals surface area contributed by atoms with E-state index in [2.05, 4.69) is 15.5 Å². The summed E-state index contributed by atoms with van der Waals surface area (Å²) in [7, 11) is 0. The lowest BCUT2D eigenvalue weighted by atomic mass is 10.2.